The minimum atomic E-state index is 0.937. The lowest BCUT2D eigenvalue weighted by atomic mass is 10.1. The number of rotatable bonds is 2. The number of aryl methyl sites for hydroxylation is 4. The summed E-state index contributed by atoms with van der Waals surface area (Å²) in [5, 5.41) is 1.22. The van der Waals surface area contributed by atoms with Crippen molar-refractivity contribution in [2.24, 2.45) is 7.05 Å². The minimum Gasteiger partial charge on any atom is -0.317 e. The van der Waals surface area contributed by atoms with Gasteiger partial charge in [-0.2, -0.15) is 0 Å². The quantitative estimate of drug-likeness (QED) is 0.526. The molecule has 23 heavy (non-hydrogen) atoms. The Morgan fingerprint density at radius 3 is 2.35 bits per heavy atom. The predicted octanol–water partition coefficient (Wildman–Crippen LogP) is 4.70. The first-order chi connectivity index (χ1) is 11.1. The largest absolute Gasteiger partial charge is 0.317 e. The zero-order valence-electron chi connectivity index (χ0n) is 14.1. The molecular formula is C20H21N3. The number of fused-ring (bicyclic) bond motifs is 3. The van der Waals surface area contributed by atoms with Crippen LogP contribution in [0.1, 0.15) is 23.9 Å². The SMILES string of the molecule is CCc1nc2c3ccccc3n(-c3c(C)cccc3C)c2n1C. The molecule has 4 rings (SSSR count). The Morgan fingerprint density at radius 2 is 1.65 bits per heavy atom. The molecule has 3 heteroatoms. The maximum absolute atomic E-state index is 4.91. The minimum absolute atomic E-state index is 0.937. The number of nitrogens with zero attached hydrogens (tertiary/aromatic N) is 3. The topological polar surface area (TPSA) is 22.8 Å². The van der Waals surface area contributed by atoms with Gasteiger partial charge in [0.2, 0.25) is 0 Å². The van der Waals surface area contributed by atoms with Crippen LogP contribution in [0.4, 0.5) is 0 Å². The van der Waals surface area contributed by atoms with Crippen molar-refractivity contribution >= 4 is 22.1 Å². The molecule has 2 aromatic carbocycles. The Balaban J connectivity index is 2.26. The molecule has 0 N–H and O–H groups in total. The second kappa shape index (κ2) is 4.98. The molecule has 0 fully saturated rings. The van der Waals surface area contributed by atoms with Gasteiger partial charge in [0.15, 0.2) is 0 Å². The van der Waals surface area contributed by atoms with Crippen LogP contribution < -0.4 is 0 Å². The number of hydrogen-bond acceptors (Lipinski definition) is 1. The van der Waals surface area contributed by atoms with Crippen molar-refractivity contribution in [3.63, 3.8) is 0 Å². The molecule has 0 saturated carbocycles. The summed E-state index contributed by atoms with van der Waals surface area (Å²) in [4.78, 5) is 4.91. The van der Waals surface area contributed by atoms with Gasteiger partial charge in [-0.3, -0.25) is 4.57 Å². The molecule has 0 radical (unpaired) electrons. The summed E-state index contributed by atoms with van der Waals surface area (Å²) in [5.74, 6) is 1.13. The molecule has 0 spiro atoms. The fourth-order valence-corrected chi connectivity index (χ4v) is 3.66. The van der Waals surface area contributed by atoms with E-state index in [-0.39, 0.29) is 0 Å². The molecule has 0 aliphatic carbocycles. The zero-order valence-corrected chi connectivity index (χ0v) is 14.1. The number of imidazole rings is 1. The maximum Gasteiger partial charge on any atom is 0.146 e. The van der Waals surface area contributed by atoms with E-state index in [4.69, 9.17) is 4.98 Å². The summed E-state index contributed by atoms with van der Waals surface area (Å²) in [6.45, 7) is 6.52. The van der Waals surface area contributed by atoms with E-state index < -0.39 is 0 Å². The normalized spacial score (nSPS) is 11.7. The van der Waals surface area contributed by atoms with Gasteiger partial charge in [-0.1, -0.05) is 43.3 Å². The van der Waals surface area contributed by atoms with E-state index in [0.29, 0.717) is 0 Å². The van der Waals surface area contributed by atoms with Crippen molar-refractivity contribution in [3.05, 3.63) is 59.4 Å². The second-order valence-electron chi connectivity index (χ2n) is 6.21. The Hall–Kier alpha value is -2.55. The smallest absolute Gasteiger partial charge is 0.146 e. The Labute approximate surface area is 136 Å². The van der Waals surface area contributed by atoms with E-state index in [1.807, 2.05) is 0 Å². The number of hydrogen-bond donors (Lipinski definition) is 0. The summed E-state index contributed by atoms with van der Waals surface area (Å²) >= 11 is 0. The molecule has 0 bridgehead atoms. The van der Waals surface area contributed by atoms with Crippen LogP contribution in [0.5, 0.6) is 0 Å². The predicted molar refractivity (Wildman–Crippen MR) is 96.4 cm³/mol. The highest BCUT2D eigenvalue weighted by Crippen LogP contribution is 2.34. The highest BCUT2D eigenvalue weighted by atomic mass is 15.2. The second-order valence-corrected chi connectivity index (χ2v) is 6.21. The molecule has 0 aliphatic rings. The lowest BCUT2D eigenvalue weighted by Crippen LogP contribution is -2.05. The van der Waals surface area contributed by atoms with Gasteiger partial charge in [-0.25, -0.2) is 4.98 Å². The van der Waals surface area contributed by atoms with Gasteiger partial charge in [0.05, 0.1) is 11.2 Å². The third kappa shape index (κ3) is 1.86. The summed E-state index contributed by atoms with van der Waals surface area (Å²) in [6, 6.07) is 15.0. The van der Waals surface area contributed by atoms with E-state index in [1.165, 1.54) is 33.4 Å². The lowest BCUT2D eigenvalue weighted by Gasteiger charge is -2.14. The van der Waals surface area contributed by atoms with Crippen LogP contribution in [-0.2, 0) is 13.5 Å². The molecule has 0 aliphatic heterocycles. The molecule has 2 heterocycles. The molecule has 116 valence electrons. The van der Waals surface area contributed by atoms with Crippen LogP contribution in [0, 0.1) is 13.8 Å². The van der Waals surface area contributed by atoms with Gasteiger partial charge in [0, 0.05) is 18.9 Å². The Bertz CT molecular complexity index is 1010. The van der Waals surface area contributed by atoms with Crippen molar-refractivity contribution in [3.8, 4) is 5.69 Å². The summed E-state index contributed by atoms with van der Waals surface area (Å²) < 4.78 is 4.61. The molecule has 0 saturated heterocycles. The van der Waals surface area contributed by atoms with Crippen LogP contribution in [-0.4, -0.2) is 14.1 Å². The van der Waals surface area contributed by atoms with Crippen LogP contribution in [0.3, 0.4) is 0 Å². The fraction of sp³-hybridized carbons (Fsp3) is 0.250. The standard InChI is InChI=1S/C20H21N3/c1-5-17-21-18-15-11-6-7-12-16(15)23(20(18)22(17)4)19-13(2)9-8-10-14(19)3/h6-12H,5H2,1-4H3. The molecule has 3 nitrogen and oxygen atoms in total. The van der Waals surface area contributed by atoms with Crippen LogP contribution >= 0.6 is 0 Å². The molecule has 0 unspecified atom stereocenters. The van der Waals surface area contributed by atoms with Crippen LogP contribution in [0.25, 0.3) is 27.8 Å². The van der Waals surface area contributed by atoms with Crippen molar-refractivity contribution < 1.29 is 0 Å². The molecule has 4 aromatic rings. The Kier molecular flexibility index (Phi) is 3.05. The van der Waals surface area contributed by atoms with Gasteiger partial charge < -0.3 is 4.57 Å². The fourth-order valence-electron chi connectivity index (χ4n) is 3.66. The highest BCUT2D eigenvalue weighted by molar-refractivity contribution is 6.06. The van der Waals surface area contributed by atoms with Gasteiger partial charge in [-0.15, -0.1) is 0 Å². The first kappa shape index (κ1) is 14.1. The average Bonchev–Trinajstić information content (AvgIpc) is 3.03. The van der Waals surface area contributed by atoms with E-state index >= 15 is 0 Å². The summed E-state index contributed by atoms with van der Waals surface area (Å²) in [5.41, 5.74) is 7.34. The van der Waals surface area contributed by atoms with Gasteiger partial charge >= 0.3 is 0 Å². The molecule has 0 amide bonds. The Morgan fingerprint density at radius 1 is 0.957 bits per heavy atom. The van der Waals surface area contributed by atoms with Gasteiger partial charge in [-0.05, 0) is 31.0 Å². The monoisotopic (exact) mass is 303 g/mol. The number of benzene rings is 2. The van der Waals surface area contributed by atoms with Gasteiger partial charge in [0.1, 0.15) is 17.0 Å². The first-order valence-corrected chi connectivity index (χ1v) is 8.14. The molecular weight excluding hydrogens is 282 g/mol. The molecule has 2 aromatic heterocycles. The third-order valence-corrected chi connectivity index (χ3v) is 4.75. The van der Waals surface area contributed by atoms with Crippen LogP contribution in [0.15, 0.2) is 42.5 Å². The van der Waals surface area contributed by atoms with Crippen molar-refractivity contribution in [2.45, 2.75) is 27.2 Å². The summed E-state index contributed by atoms with van der Waals surface area (Å²) in [7, 11) is 2.12. The van der Waals surface area contributed by atoms with E-state index in [1.54, 1.807) is 0 Å². The maximum atomic E-state index is 4.91. The van der Waals surface area contributed by atoms with Crippen molar-refractivity contribution in [2.75, 3.05) is 0 Å². The van der Waals surface area contributed by atoms with Crippen LogP contribution in [0.2, 0.25) is 0 Å². The lowest BCUT2D eigenvalue weighted by molar-refractivity contribution is 0.811. The molecule has 0 atom stereocenters. The highest BCUT2D eigenvalue weighted by Gasteiger charge is 2.20. The summed E-state index contributed by atoms with van der Waals surface area (Å²) in [6.07, 6.45) is 0.937. The van der Waals surface area contributed by atoms with Gasteiger partial charge in [0.25, 0.3) is 0 Å². The van der Waals surface area contributed by atoms with E-state index in [0.717, 1.165) is 17.8 Å². The first-order valence-electron chi connectivity index (χ1n) is 8.14. The van der Waals surface area contributed by atoms with Crippen molar-refractivity contribution in [1.29, 1.82) is 0 Å². The average molecular weight is 303 g/mol. The van der Waals surface area contributed by atoms with E-state index in [9.17, 15) is 0 Å². The number of aromatic nitrogens is 3. The zero-order chi connectivity index (χ0) is 16.1. The third-order valence-electron chi connectivity index (χ3n) is 4.75. The van der Waals surface area contributed by atoms with E-state index in [2.05, 4.69) is 79.4 Å². The number of para-hydroxylation sites is 2. The van der Waals surface area contributed by atoms with Crippen molar-refractivity contribution in [1.82, 2.24) is 14.1 Å².